The monoisotopic (exact) mass is 680 g/mol. The Morgan fingerprint density at radius 1 is 0.509 bits per heavy atom. The van der Waals surface area contributed by atoms with Gasteiger partial charge in [-0.25, -0.2) is 0 Å². The lowest BCUT2D eigenvalue weighted by Gasteiger charge is -2.27. The molecule has 0 saturated heterocycles. The molecule has 0 atom stereocenters. The van der Waals surface area contributed by atoms with Gasteiger partial charge >= 0.3 is 0 Å². The maximum Gasteiger partial charge on any atom is 0.136 e. The summed E-state index contributed by atoms with van der Waals surface area (Å²) in [6.45, 7) is 0. The third-order valence-electron chi connectivity index (χ3n) is 10.1. The van der Waals surface area contributed by atoms with Crippen molar-refractivity contribution in [3.05, 3.63) is 187 Å². The number of hydrogen-bond acceptors (Lipinski definition) is 5. The highest BCUT2D eigenvalue weighted by molar-refractivity contribution is 6.55. The molecule has 2 N–H and O–H groups in total. The molecule has 0 aliphatic heterocycles. The molecule has 0 unspecified atom stereocenters. The Bertz CT molecular complexity index is 2940. The van der Waals surface area contributed by atoms with Crippen molar-refractivity contribution in [2.24, 2.45) is 5.10 Å². The van der Waals surface area contributed by atoms with E-state index in [0.29, 0.717) is 11.4 Å². The predicted octanol–water partition coefficient (Wildman–Crippen LogP) is 12.9. The summed E-state index contributed by atoms with van der Waals surface area (Å²) >= 11 is 0. The second kappa shape index (κ2) is 12.5. The molecule has 1 heterocycles. The average Bonchev–Trinajstić information content (AvgIpc) is 3.60. The highest BCUT2D eigenvalue weighted by Gasteiger charge is 2.22. The first-order chi connectivity index (χ1) is 26.2. The fourth-order valence-corrected chi connectivity index (χ4v) is 7.57. The smallest absolute Gasteiger partial charge is 0.136 e. The molecule has 1 aliphatic carbocycles. The van der Waals surface area contributed by atoms with Crippen LogP contribution in [0.2, 0.25) is 0 Å². The van der Waals surface area contributed by atoms with E-state index < -0.39 is 0 Å². The summed E-state index contributed by atoms with van der Waals surface area (Å²) < 4.78 is 6.41. The van der Waals surface area contributed by atoms with Crippen molar-refractivity contribution in [2.45, 2.75) is 0 Å². The van der Waals surface area contributed by atoms with E-state index >= 15 is 0 Å². The van der Waals surface area contributed by atoms with Crippen LogP contribution >= 0.6 is 0 Å². The summed E-state index contributed by atoms with van der Waals surface area (Å²) in [6.07, 6.45) is 3.96. The maximum atomic E-state index is 9.37. The van der Waals surface area contributed by atoms with Crippen LogP contribution in [0.25, 0.3) is 60.7 Å². The van der Waals surface area contributed by atoms with Crippen LogP contribution in [-0.4, -0.2) is 11.4 Å². The molecule has 0 spiro atoms. The van der Waals surface area contributed by atoms with Gasteiger partial charge in [0.1, 0.15) is 16.9 Å². The highest BCUT2D eigenvalue weighted by Crippen LogP contribution is 2.42. The summed E-state index contributed by atoms with van der Waals surface area (Å²) in [5, 5.41) is 20.6. The topological polar surface area (TPSA) is 64.6 Å². The van der Waals surface area contributed by atoms with Gasteiger partial charge in [0.15, 0.2) is 0 Å². The second-order valence-corrected chi connectivity index (χ2v) is 13.3. The number of allylic oxidation sites excluding steroid dienone is 1. The number of anilines is 4. The second-order valence-electron chi connectivity index (χ2n) is 13.3. The normalized spacial score (nSPS) is 13.3. The van der Waals surface area contributed by atoms with E-state index in [-0.39, 0.29) is 0 Å². The molecule has 1 aromatic heterocycles. The molecule has 10 rings (SSSR count). The molecule has 0 saturated carbocycles. The number of para-hydroxylation sites is 1. The molecule has 9 aromatic rings. The van der Waals surface area contributed by atoms with Gasteiger partial charge in [0.2, 0.25) is 0 Å². The SMILES string of the molecule is N=C1/C(=N\Nc2ccccc2)C=Cc2ccc3ccc(N(c4cccc(-c5ccccc5)c4)c4ccc5oc6ccc7ccccc7c6c5c4)cc3c21. The largest absolute Gasteiger partial charge is 0.456 e. The van der Waals surface area contributed by atoms with E-state index in [0.717, 1.165) is 77.7 Å². The van der Waals surface area contributed by atoms with Gasteiger partial charge < -0.3 is 9.32 Å². The van der Waals surface area contributed by atoms with E-state index in [1.165, 1.54) is 10.8 Å². The summed E-state index contributed by atoms with van der Waals surface area (Å²) in [6, 6.07) is 58.9. The minimum atomic E-state index is 0.379. The third-order valence-corrected chi connectivity index (χ3v) is 10.1. The quantitative estimate of drug-likeness (QED) is 0.172. The van der Waals surface area contributed by atoms with Gasteiger partial charge in [-0.3, -0.25) is 10.8 Å². The zero-order chi connectivity index (χ0) is 35.3. The number of hydrogen-bond donors (Lipinski definition) is 2. The summed E-state index contributed by atoms with van der Waals surface area (Å²) in [4.78, 5) is 2.31. The molecule has 250 valence electrons. The minimum absolute atomic E-state index is 0.379. The van der Waals surface area contributed by atoms with Gasteiger partial charge in [-0.05, 0) is 105 Å². The van der Waals surface area contributed by atoms with Gasteiger partial charge in [-0.15, -0.1) is 0 Å². The van der Waals surface area contributed by atoms with Gasteiger partial charge in [0, 0.05) is 33.4 Å². The lowest BCUT2D eigenvalue weighted by Crippen LogP contribution is -2.19. The molecule has 5 nitrogen and oxygen atoms in total. The number of furan rings is 1. The molecular formula is C48H32N4O. The highest BCUT2D eigenvalue weighted by atomic mass is 16.3. The van der Waals surface area contributed by atoms with Crippen LogP contribution in [0.1, 0.15) is 11.1 Å². The van der Waals surface area contributed by atoms with Crippen molar-refractivity contribution in [2.75, 3.05) is 10.3 Å². The van der Waals surface area contributed by atoms with Crippen LogP contribution in [0.4, 0.5) is 22.7 Å². The molecule has 53 heavy (non-hydrogen) atoms. The van der Waals surface area contributed by atoms with Crippen LogP contribution in [0, 0.1) is 5.41 Å². The molecular weight excluding hydrogens is 649 g/mol. The molecule has 0 amide bonds. The van der Waals surface area contributed by atoms with E-state index in [2.05, 4.69) is 149 Å². The Morgan fingerprint density at radius 3 is 2.04 bits per heavy atom. The predicted molar refractivity (Wildman–Crippen MR) is 222 cm³/mol. The minimum Gasteiger partial charge on any atom is -0.456 e. The number of hydrazone groups is 1. The summed E-state index contributed by atoms with van der Waals surface area (Å²) in [7, 11) is 0. The van der Waals surface area contributed by atoms with Crippen molar-refractivity contribution in [1.29, 1.82) is 5.41 Å². The Kier molecular flexibility index (Phi) is 7.22. The lowest BCUT2D eigenvalue weighted by molar-refractivity contribution is 0.669. The van der Waals surface area contributed by atoms with Crippen LogP contribution < -0.4 is 10.3 Å². The van der Waals surface area contributed by atoms with Gasteiger partial charge in [0.25, 0.3) is 0 Å². The van der Waals surface area contributed by atoms with Gasteiger partial charge in [-0.1, -0.05) is 115 Å². The third kappa shape index (κ3) is 5.34. The first kappa shape index (κ1) is 30.6. The van der Waals surface area contributed by atoms with Crippen molar-refractivity contribution in [3.8, 4) is 11.1 Å². The van der Waals surface area contributed by atoms with Gasteiger partial charge in [0.05, 0.1) is 11.4 Å². The molecule has 8 aromatic carbocycles. The van der Waals surface area contributed by atoms with Crippen molar-refractivity contribution >= 4 is 83.7 Å². The number of nitrogens with one attached hydrogen (secondary N) is 2. The summed E-state index contributed by atoms with van der Waals surface area (Å²) in [5.74, 6) is 0. The van der Waals surface area contributed by atoms with Gasteiger partial charge in [-0.2, -0.15) is 5.10 Å². The van der Waals surface area contributed by atoms with E-state index in [4.69, 9.17) is 4.42 Å². The molecule has 0 radical (unpaired) electrons. The lowest BCUT2D eigenvalue weighted by atomic mass is 9.89. The molecule has 5 heteroatoms. The Hall–Kier alpha value is -7.24. The van der Waals surface area contributed by atoms with Crippen LogP contribution in [0.15, 0.2) is 185 Å². The van der Waals surface area contributed by atoms with Crippen molar-refractivity contribution < 1.29 is 4.42 Å². The van der Waals surface area contributed by atoms with Crippen LogP contribution in [-0.2, 0) is 0 Å². The Balaban J connectivity index is 1.16. The first-order valence-electron chi connectivity index (χ1n) is 17.7. The van der Waals surface area contributed by atoms with Crippen molar-refractivity contribution in [3.63, 3.8) is 0 Å². The van der Waals surface area contributed by atoms with Crippen LogP contribution in [0.3, 0.4) is 0 Å². The van der Waals surface area contributed by atoms with E-state index in [1.54, 1.807) is 0 Å². The zero-order valence-corrected chi connectivity index (χ0v) is 28.6. The van der Waals surface area contributed by atoms with Crippen molar-refractivity contribution in [1.82, 2.24) is 0 Å². The molecule has 0 fully saturated rings. The zero-order valence-electron chi connectivity index (χ0n) is 28.6. The Labute approximate surface area is 306 Å². The number of benzene rings is 8. The first-order valence-corrected chi connectivity index (χ1v) is 17.7. The number of fused-ring (bicyclic) bond motifs is 8. The molecule has 0 bridgehead atoms. The standard InChI is InChI=1S/C48H32N4O/c49-48-43(51-50-36-14-5-2-6-15-36)25-21-34-19-18-33-20-23-38(29-41(33)46(34)48)52(37-16-9-13-35(28-37)31-10-3-1-4-11-31)39-24-27-44-42(30-39)47-40-17-8-7-12-32(40)22-26-45(47)53-44/h1-30,49-50H/b49-48?,51-43-. The van der Waals surface area contributed by atoms with E-state index in [1.807, 2.05) is 48.6 Å². The van der Waals surface area contributed by atoms with Crippen LogP contribution in [0.5, 0.6) is 0 Å². The fourth-order valence-electron chi connectivity index (χ4n) is 7.57. The maximum absolute atomic E-state index is 9.37. The Morgan fingerprint density at radius 2 is 1.17 bits per heavy atom. The van der Waals surface area contributed by atoms with E-state index in [9.17, 15) is 5.41 Å². The molecule has 1 aliphatic rings. The summed E-state index contributed by atoms with van der Waals surface area (Å²) in [5.41, 5.74) is 13.8. The number of rotatable bonds is 6. The fraction of sp³-hybridized carbons (Fsp3) is 0. The average molecular weight is 681 g/mol. The number of nitrogens with zero attached hydrogens (tertiary/aromatic N) is 2.